The summed E-state index contributed by atoms with van der Waals surface area (Å²) in [5, 5.41) is 3.83. The maximum atomic E-state index is 12.4. The smallest absolute Gasteiger partial charge is 0.243 e. The Morgan fingerprint density at radius 3 is 2.85 bits per heavy atom. The van der Waals surface area contributed by atoms with Gasteiger partial charge in [0, 0.05) is 0 Å². The molecule has 140 valence electrons. The fourth-order valence-corrected chi connectivity index (χ4v) is 3.32. The zero-order chi connectivity index (χ0) is 18.7. The van der Waals surface area contributed by atoms with Crippen molar-refractivity contribution in [1.29, 1.82) is 0 Å². The van der Waals surface area contributed by atoms with E-state index in [1.807, 2.05) is 37.3 Å². The maximum absolute atomic E-state index is 12.4. The summed E-state index contributed by atoms with van der Waals surface area (Å²) >= 11 is 0. The first-order chi connectivity index (χ1) is 13.1. The van der Waals surface area contributed by atoms with E-state index in [0.29, 0.717) is 18.1 Å². The van der Waals surface area contributed by atoms with Gasteiger partial charge in [-0.05, 0) is 48.7 Å². The van der Waals surface area contributed by atoms with Crippen LogP contribution >= 0.6 is 0 Å². The molecule has 1 unspecified atom stereocenters. The van der Waals surface area contributed by atoms with Crippen LogP contribution in [0.4, 0.5) is 0 Å². The molecule has 7 nitrogen and oxygen atoms in total. The molecule has 0 aliphatic carbocycles. The molecule has 2 aromatic carbocycles. The Balaban J connectivity index is 1.41. The topological polar surface area (TPSA) is 78.4 Å². The first-order valence-corrected chi connectivity index (χ1v) is 8.73. The molecule has 0 saturated heterocycles. The number of nitrogens with zero attached hydrogens (tertiary/aromatic N) is 1. The SMILES string of the molecule is CC1(CC(=O)N/N=C\Oc2ccccc2)OCCc2cc3c(cc21)OCO3. The second-order valence-electron chi connectivity index (χ2n) is 6.57. The third-order valence-corrected chi connectivity index (χ3v) is 4.63. The molecule has 0 radical (unpaired) electrons. The van der Waals surface area contributed by atoms with E-state index in [2.05, 4.69) is 10.5 Å². The molecule has 0 fully saturated rings. The van der Waals surface area contributed by atoms with Crippen LogP contribution in [0.3, 0.4) is 0 Å². The Kier molecular flexibility index (Phi) is 4.68. The van der Waals surface area contributed by atoms with Gasteiger partial charge in [-0.25, -0.2) is 5.43 Å². The van der Waals surface area contributed by atoms with Gasteiger partial charge in [0.25, 0.3) is 0 Å². The van der Waals surface area contributed by atoms with Crippen molar-refractivity contribution >= 4 is 12.3 Å². The predicted molar refractivity (Wildman–Crippen MR) is 97.9 cm³/mol. The van der Waals surface area contributed by atoms with Crippen LogP contribution in [0.15, 0.2) is 47.6 Å². The molecule has 7 heteroatoms. The lowest BCUT2D eigenvalue weighted by Crippen LogP contribution is -2.37. The summed E-state index contributed by atoms with van der Waals surface area (Å²) in [6.45, 7) is 2.65. The van der Waals surface area contributed by atoms with E-state index in [1.165, 1.54) is 6.40 Å². The van der Waals surface area contributed by atoms with Gasteiger partial charge in [-0.3, -0.25) is 4.79 Å². The van der Waals surface area contributed by atoms with Gasteiger partial charge in [0.05, 0.1) is 18.6 Å². The molecule has 1 amide bonds. The highest BCUT2D eigenvalue weighted by Gasteiger charge is 2.37. The lowest BCUT2D eigenvalue weighted by molar-refractivity contribution is -0.130. The number of para-hydroxylation sites is 1. The van der Waals surface area contributed by atoms with Crippen LogP contribution in [0.5, 0.6) is 17.2 Å². The molecular weight excluding hydrogens is 348 g/mol. The summed E-state index contributed by atoms with van der Waals surface area (Å²) in [5.41, 5.74) is 3.77. The maximum Gasteiger partial charge on any atom is 0.243 e. The third-order valence-electron chi connectivity index (χ3n) is 4.63. The molecule has 2 aromatic rings. The zero-order valence-electron chi connectivity index (χ0n) is 14.9. The van der Waals surface area contributed by atoms with Crippen molar-refractivity contribution in [2.45, 2.75) is 25.4 Å². The normalized spacial score (nSPS) is 20.3. The van der Waals surface area contributed by atoms with Gasteiger partial charge in [-0.1, -0.05) is 18.2 Å². The molecule has 2 heterocycles. The number of fused-ring (bicyclic) bond motifs is 2. The number of hydrogen-bond acceptors (Lipinski definition) is 6. The van der Waals surface area contributed by atoms with E-state index < -0.39 is 5.60 Å². The number of ether oxygens (including phenoxy) is 4. The summed E-state index contributed by atoms with van der Waals surface area (Å²) in [6.07, 6.45) is 2.10. The number of hydrogen-bond donors (Lipinski definition) is 1. The Morgan fingerprint density at radius 1 is 1.26 bits per heavy atom. The number of carbonyl (C=O) groups excluding carboxylic acids is 1. The minimum absolute atomic E-state index is 0.127. The summed E-state index contributed by atoms with van der Waals surface area (Å²) in [6, 6.07) is 13.1. The fourth-order valence-electron chi connectivity index (χ4n) is 3.32. The van der Waals surface area contributed by atoms with Crippen molar-refractivity contribution in [2.75, 3.05) is 13.4 Å². The number of nitrogens with one attached hydrogen (secondary N) is 1. The van der Waals surface area contributed by atoms with E-state index in [-0.39, 0.29) is 19.1 Å². The Hall–Kier alpha value is -3.06. The van der Waals surface area contributed by atoms with Gasteiger partial charge in [0.2, 0.25) is 12.7 Å². The molecule has 27 heavy (non-hydrogen) atoms. The molecule has 1 N–H and O–H groups in total. The predicted octanol–water partition coefficient (Wildman–Crippen LogP) is 2.73. The summed E-state index contributed by atoms with van der Waals surface area (Å²) in [7, 11) is 0. The van der Waals surface area contributed by atoms with Gasteiger partial charge in [-0.2, -0.15) is 0 Å². The number of benzene rings is 2. The average Bonchev–Trinajstić information content (AvgIpc) is 3.12. The van der Waals surface area contributed by atoms with Crippen LogP contribution in [0.2, 0.25) is 0 Å². The fraction of sp³-hybridized carbons (Fsp3) is 0.300. The van der Waals surface area contributed by atoms with E-state index in [9.17, 15) is 4.79 Å². The second-order valence-corrected chi connectivity index (χ2v) is 6.57. The van der Waals surface area contributed by atoms with Crippen LogP contribution < -0.4 is 19.6 Å². The van der Waals surface area contributed by atoms with Crippen LogP contribution in [0.1, 0.15) is 24.5 Å². The molecule has 0 bridgehead atoms. The molecule has 0 spiro atoms. The highest BCUT2D eigenvalue weighted by atomic mass is 16.7. The summed E-state index contributed by atoms with van der Waals surface area (Å²) in [4.78, 5) is 12.4. The quantitative estimate of drug-likeness (QED) is 0.499. The van der Waals surface area contributed by atoms with Gasteiger partial charge in [-0.15, -0.1) is 5.10 Å². The van der Waals surface area contributed by atoms with Crippen molar-refractivity contribution < 1.29 is 23.7 Å². The van der Waals surface area contributed by atoms with Crippen LogP contribution in [-0.4, -0.2) is 25.7 Å². The lowest BCUT2D eigenvalue weighted by atomic mass is 9.84. The minimum atomic E-state index is -0.756. The number of amides is 1. The van der Waals surface area contributed by atoms with E-state index in [4.69, 9.17) is 18.9 Å². The second kappa shape index (κ2) is 7.28. The Labute approximate surface area is 156 Å². The van der Waals surface area contributed by atoms with Crippen LogP contribution in [0, 0.1) is 0 Å². The molecule has 4 rings (SSSR count). The monoisotopic (exact) mass is 368 g/mol. The van der Waals surface area contributed by atoms with Gasteiger partial charge in [0.15, 0.2) is 17.9 Å². The molecule has 0 aromatic heterocycles. The van der Waals surface area contributed by atoms with E-state index >= 15 is 0 Å². The van der Waals surface area contributed by atoms with Gasteiger partial charge in [0.1, 0.15) is 5.75 Å². The molecule has 1 atom stereocenters. The van der Waals surface area contributed by atoms with Crippen molar-refractivity contribution in [3.63, 3.8) is 0 Å². The number of carbonyl (C=O) groups is 1. The zero-order valence-corrected chi connectivity index (χ0v) is 14.9. The highest BCUT2D eigenvalue weighted by Crippen LogP contribution is 2.43. The third kappa shape index (κ3) is 3.73. The van der Waals surface area contributed by atoms with Crippen molar-refractivity contribution in [3.05, 3.63) is 53.6 Å². The van der Waals surface area contributed by atoms with Crippen molar-refractivity contribution in [2.24, 2.45) is 5.10 Å². The Morgan fingerprint density at radius 2 is 2.04 bits per heavy atom. The number of hydrazone groups is 1. The lowest BCUT2D eigenvalue weighted by Gasteiger charge is -2.35. The molecule has 2 aliphatic heterocycles. The van der Waals surface area contributed by atoms with E-state index in [1.54, 1.807) is 12.1 Å². The first-order valence-electron chi connectivity index (χ1n) is 8.73. The van der Waals surface area contributed by atoms with Crippen LogP contribution in [0.25, 0.3) is 0 Å². The molecule has 2 aliphatic rings. The van der Waals surface area contributed by atoms with E-state index in [0.717, 1.165) is 23.3 Å². The van der Waals surface area contributed by atoms with Crippen LogP contribution in [-0.2, 0) is 21.6 Å². The highest BCUT2D eigenvalue weighted by molar-refractivity contribution is 5.78. The van der Waals surface area contributed by atoms with Crippen molar-refractivity contribution in [3.8, 4) is 17.2 Å². The summed E-state index contributed by atoms with van der Waals surface area (Å²) in [5.74, 6) is 1.80. The first kappa shape index (κ1) is 17.4. The van der Waals surface area contributed by atoms with Crippen molar-refractivity contribution in [1.82, 2.24) is 5.43 Å². The largest absolute Gasteiger partial charge is 0.454 e. The van der Waals surface area contributed by atoms with Gasteiger partial charge < -0.3 is 18.9 Å². The minimum Gasteiger partial charge on any atom is -0.454 e. The standard InChI is InChI=1S/C20H20N2O5/c1-20(11-19(23)22-21-12-24-15-5-3-2-4-6-15)16-10-18-17(25-13-26-18)9-14(16)7-8-27-20/h2-6,9-10,12H,7-8,11,13H2,1H3,(H,22,23)/b21-12-. The van der Waals surface area contributed by atoms with Gasteiger partial charge >= 0.3 is 0 Å². The molecular formula is C20H20N2O5. The number of rotatable bonds is 5. The summed E-state index contributed by atoms with van der Waals surface area (Å²) < 4.78 is 22.2. The average molecular weight is 368 g/mol. The molecule has 0 saturated carbocycles. The Bertz CT molecular complexity index is 868.